The van der Waals surface area contributed by atoms with Crippen LogP contribution in [0.2, 0.25) is 0 Å². The number of nitrogens with zero attached hydrogens (tertiary/aromatic N) is 1. The number of aromatic nitrogens is 1. The zero-order valence-corrected chi connectivity index (χ0v) is 14.0. The van der Waals surface area contributed by atoms with Gasteiger partial charge in [-0.2, -0.15) is 0 Å². The minimum Gasteiger partial charge on any atom is -0.348 e. The predicted molar refractivity (Wildman–Crippen MR) is 86.4 cm³/mol. The fraction of sp³-hybridized carbons (Fsp3) is 0.667. The second-order valence-electron chi connectivity index (χ2n) is 5.95. The Labute approximate surface area is 134 Å². The average molecular weight is 324 g/mol. The van der Waals surface area contributed by atoms with Gasteiger partial charge in [-0.3, -0.25) is 9.59 Å². The zero-order valence-electron chi connectivity index (χ0n) is 13.1. The molecule has 1 aliphatic carbocycles. The van der Waals surface area contributed by atoms with Crippen LogP contribution in [-0.2, 0) is 29.0 Å². The average Bonchev–Trinajstić information content (AvgIpc) is 2.92. The highest BCUT2D eigenvalue weighted by Crippen LogP contribution is 2.26. The van der Waals surface area contributed by atoms with E-state index in [1.54, 1.807) is 11.3 Å². The van der Waals surface area contributed by atoms with E-state index >= 15 is 0 Å². The third-order valence-corrected chi connectivity index (χ3v) is 4.93. The number of carbonyl (C=O) groups is 2. The monoisotopic (exact) mass is 324 g/mol. The Hall–Kier alpha value is -1.47. The van der Waals surface area contributed by atoms with Crippen LogP contribution in [0.3, 0.4) is 0 Å². The van der Waals surface area contributed by atoms with Gasteiger partial charge in [-0.15, -0.1) is 11.3 Å². The third kappa shape index (κ3) is 4.51. The number of nitrogens with two attached hydrogens (primary N) is 1. The first-order valence-electron chi connectivity index (χ1n) is 7.75. The largest absolute Gasteiger partial charge is 0.348 e. The molecule has 0 saturated carbocycles. The summed E-state index contributed by atoms with van der Waals surface area (Å²) >= 11 is 1.68. The van der Waals surface area contributed by atoms with E-state index in [1.165, 1.54) is 23.4 Å². The van der Waals surface area contributed by atoms with Crippen LogP contribution in [0.1, 0.15) is 42.3 Å². The van der Waals surface area contributed by atoms with Gasteiger partial charge in [0.2, 0.25) is 11.8 Å². The van der Waals surface area contributed by atoms with Crippen molar-refractivity contribution in [3.05, 3.63) is 15.6 Å². The van der Waals surface area contributed by atoms with Gasteiger partial charge in [0.15, 0.2) is 0 Å². The van der Waals surface area contributed by atoms with Crippen LogP contribution in [0.4, 0.5) is 0 Å². The van der Waals surface area contributed by atoms with E-state index in [4.69, 9.17) is 5.73 Å². The minimum absolute atomic E-state index is 0.0460. The van der Waals surface area contributed by atoms with E-state index < -0.39 is 6.04 Å². The highest BCUT2D eigenvalue weighted by Gasteiger charge is 2.18. The zero-order chi connectivity index (χ0) is 16.1. The molecular formula is C15H24N4O2S. The molecule has 0 fully saturated rings. The van der Waals surface area contributed by atoms with Crippen LogP contribution in [0.25, 0.3) is 0 Å². The van der Waals surface area contributed by atoms with Gasteiger partial charge in [-0.05, 0) is 31.6 Å². The standard InChI is InChI=1S/C15H24N4O2S/c1-9(2)14(16)15(21)18-7-12(20)17-8-13-19-10-5-3-4-6-11(10)22-13/h9,14H,3-8,16H2,1-2H3,(H,17,20)(H,18,21)/t14-/m0/s1. The summed E-state index contributed by atoms with van der Waals surface area (Å²) in [4.78, 5) is 29.4. The predicted octanol–water partition coefficient (Wildman–Crippen LogP) is 0.738. The quantitative estimate of drug-likeness (QED) is 0.719. The summed E-state index contributed by atoms with van der Waals surface area (Å²) in [5.41, 5.74) is 6.91. The Bertz CT molecular complexity index is 518. The molecule has 22 heavy (non-hydrogen) atoms. The molecule has 1 aromatic heterocycles. The van der Waals surface area contributed by atoms with Gasteiger partial charge < -0.3 is 16.4 Å². The van der Waals surface area contributed by atoms with Gasteiger partial charge in [-0.1, -0.05) is 13.8 Å². The first-order valence-corrected chi connectivity index (χ1v) is 8.56. The van der Waals surface area contributed by atoms with Crippen molar-refractivity contribution in [3.63, 3.8) is 0 Å². The van der Waals surface area contributed by atoms with Crippen LogP contribution in [-0.4, -0.2) is 29.4 Å². The third-order valence-electron chi connectivity index (χ3n) is 3.77. The number of hydrogen-bond acceptors (Lipinski definition) is 5. The maximum Gasteiger partial charge on any atom is 0.239 e. The van der Waals surface area contributed by atoms with Gasteiger partial charge >= 0.3 is 0 Å². The summed E-state index contributed by atoms with van der Waals surface area (Å²) in [5, 5.41) is 6.28. The molecule has 7 heteroatoms. The molecule has 122 valence electrons. The molecule has 0 spiro atoms. The molecule has 0 radical (unpaired) electrons. The van der Waals surface area contributed by atoms with E-state index in [0.717, 1.165) is 17.8 Å². The van der Waals surface area contributed by atoms with E-state index in [-0.39, 0.29) is 24.3 Å². The van der Waals surface area contributed by atoms with Gasteiger partial charge in [0.25, 0.3) is 0 Å². The number of carbonyl (C=O) groups excluding carboxylic acids is 2. The summed E-state index contributed by atoms with van der Waals surface area (Å²) in [7, 11) is 0. The molecule has 1 atom stereocenters. The lowest BCUT2D eigenvalue weighted by atomic mass is 10.0. The number of fused-ring (bicyclic) bond motifs is 1. The maximum absolute atomic E-state index is 11.8. The van der Waals surface area contributed by atoms with Gasteiger partial charge in [0.05, 0.1) is 24.8 Å². The highest BCUT2D eigenvalue weighted by molar-refractivity contribution is 7.11. The van der Waals surface area contributed by atoms with E-state index in [9.17, 15) is 9.59 Å². The molecular weight excluding hydrogens is 300 g/mol. The second kappa shape index (κ2) is 7.69. The molecule has 0 aromatic carbocycles. The molecule has 2 rings (SSSR count). The summed E-state index contributed by atoms with van der Waals surface area (Å²) < 4.78 is 0. The number of rotatable bonds is 6. The number of amides is 2. The van der Waals surface area contributed by atoms with Crippen molar-refractivity contribution in [1.29, 1.82) is 0 Å². The van der Waals surface area contributed by atoms with Crippen LogP contribution >= 0.6 is 11.3 Å². The van der Waals surface area contributed by atoms with Gasteiger partial charge in [0.1, 0.15) is 5.01 Å². The SMILES string of the molecule is CC(C)[C@H](N)C(=O)NCC(=O)NCc1nc2c(s1)CCCC2. The fourth-order valence-corrected chi connectivity index (χ4v) is 3.40. The van der Waals surface area contributed by atoms with Crippen molar-refractivity contribution in [2.24, 2.45) is 11.7 Å². The fourth-order valence-electron chi connectivity index (χ4n) is 2.31. The Morgan fingerprint density at radius 2 is 2.00 bits per heavy atom. The maximum atomic E-state index is 11.8. The number of hydrogen-bond donors (Lipinski definition) is 3. The number of aryl methyl sites for hydroxylation is 2. The van der Waals surface area contributed by atoms with Crippen molar-refractivity contribution in [2.75, 3.05) is 6.54 Å². The summed E-state index contributed by atoms with van der Waals surface area (Å²) in [6, 6.07) is -0.585. The summed E-state index contributed by atoms with van der Waals surface area (Å²) in [6.45, 7) is 4.11. The molecule has 4 N–H and O–H groups in total. The van der Waals surface area contributed by atoms with Crippen molar-refractivity contribution in [2.45, 2.75) is 52.1 Å². The lowest BCUT2D eigenvalue weighted by molar-refractivity contribution is -0.127. The topological polar surface area (TPSA) is 97.1 Å². The van der Waals surface area contributed by atoms with E-state index in [0.29, 0.717) is 6.54 Å². The van der Waals surface area contributed by atoms with Crippen LogP contribution in [0, 0.1) is 5.92 Å². The number of nitrogens with one attached hydrogen (secondary N) is 2. The van der Waals surface area contributed by atoms with E-state index in [2.05, 4.69) is 15.6 Å². The van der Waals surface area contributed by atoms with Crippen molar-refractivity contribution >= 4 is 23.2 Å². The lowest BCUT2D eigenvalue weighted by Gasteiger charge is -2.14. The van der Waals surface area contributed by atoms with Crippen LogP contribution in [0.5, 0.6) is 0 Å². The molecule has 2 amide bonds. The molecule has 1 aromatic rings. The van der Waals surface area contributed by atoms with Crippen molar-refractivity contribution in [3.8, 4) is 0 Å². The highest BCUT2D eigenvalue weighted by atomic mass is 32.1. The van der Waals surface area contributed by atoms with Crippen molar-refractivity contribution < 1.29 is 9.59 Å². The first-order chi connectivity index (χ1) is 10.5. The van der Waals surface area contributed by atoms with Gasteiger partial charge in [-0.25, -0.2) is 4.98 Å². The smallest absolute Gasteiger partial charge is 0.239 e. The minimum atomic E-state index is -0.585. The Balaban J connectivity index is 1.74. The molecule has 0 aliphatic heterocycles. The molecule has 1 aliphatic rings. The number of thiazole rings is 1. The van der Waals surface area contributed by atoms with E-state index in [1.807, 2.05) is 13.8 Å². The van der Waals surface area contributed by atoms with Crippen LogP contribution in [0.15, 0.2) is 0 Å². The molecule has 0 unspecified atom stereocenters. The summed E-state index contributed by atoms with van der Waals surface area (Å²) in [6.07, 6.45) is 4.57. The normalized spacial score (nSPS) is 15.3. The van der Waals surface area contributed by atoms with Crippen molar-refractivity contribution in [1.82, 2.24) is 15.6 Å². The summed E-state index contributed by atoms with van der Waals surface area (Å²) in [5.74, 6) is -0.475. The first kappa shape index (κ1) is 16.9. The lowest BCUT2D eigenvalue weighted by Crippen LogP contribution is -2.47. The second-order valence-corrected chi connectivity index (χ2v) is 7.12. The molecule has 0 bridgehead atoms. The molecule has 1 heterocycles. The Morgan fingerprint density at radius 3 is 2.68 bits per heavy atom. The molecule has 0 saturated heterocycles. The molecule has 6 nitrogen and oxygen atoms in total. The Morgan fingerprint density at radius 1 is 1.27 bits per heavy atom. The Kier molecular flexibility index (Phi) is 5.90. The van der Waals surface area contributed by atoms with Gasteiger partial charge in [0, 0.05) is 4.88 Å². The van der Waals surface area contributed by atoms with Crippen LogP contribution < -0.4 is 16.4 Å².